The summed E-state index contributed by atoms with van der Waals surface area (Å²) in [5, 5.41) is 3.82. The van der Waals surface area contributed by atoms with Crippen molar-refractivity contribution in [2.45, 2.75) is 32.9 Å². The number of amides is 1. The average molecular weight is 377 g/mol. The van der Waals surface area contributed by atoms with Crippen LogP contribution in [-0.4, -0.2) is 22.1 Å². The zero-order chi connectivity index (χ0) is 19.5. The predicted molar refractivity (Wildman–Crippen MR) is 107 cm³/mol. The first-order valence-electron chi connectivity index (χ1n) is 9.54. The molecule has 1 aromatic carbocycles. The second-order valence-electron chi connectivity index (χ2n) is 7.29. The Morgan fingerprint density at radius 1 is 1.25 bits per heavy atom. The maximum absolute atomic E-state index is 12.5. The Hall–Kier alpha value is -3.15. The number of fused-ring (bicyclic) bond motifs is 1. The molecule has 0 radical (unpaired) electrons. The molecule has 1 saturated carbocycles. The number of ether oxygens (including phenoxy) is 1. The normalized spacial score (nSPS) is 13.5. The SMILES string of the molecule is Cc1cc(=O)n(CC2CC2)c2cc(OCC(=O)NCc3ccccn3)ccc12. The van der Waals surface area contributed by atoms with Crippen molar-refractivity contribution in [2.75, 3.05) is 6.61 Å². The van der Waals surface area contributed by atoms with Crippen molar-refractivity contribution in [1.82, 2.24) is 14.9 Å². The van der Waals surface area contributed by atoms with E-state index in [9.17, 15) is 9.59 Å². The van der Waals surface area contributed by atoms with Crippen LogP contribution in [0, 0.1) is 12.8 Å². The molecule has 0 aliphatic heterocycles. The van der Waals surface area contributed by atoms with E-state index in [0.29, 0.717) is 18.2 Å². The van der Waals surface area contributed by atoms with Gasteiger partial charge in [-0.05, 0) is 55.5 Å². The lowest BCUT2D eigenvalue weighted by atomic mass is 10.1. The van der Waals surface area contributed by atoms with E-state index in [1.54, 1.807) is 12.3 Å². The molecule has 6 heteroatoms. The zero-order valence-corrected chi connectivity index (χ0v) is 15.9. The van der Waals surface area contributed by atoms with Gasteiger partial charge in [-0.3, -0.25) is 14.6 Å². The summed E-state index contributed by atoms with van der Waals surface area (Å²) in [5.74, 6) is 0.950. The van der Waals surface area contributed by atoms with E-state index in [1.807, 2.05) is 47.9 Å². The largest absolute Gasteiger partial charge is 0.484 e. The number of carbonyl (C=O) groups excluding carboxylic acids is 1. The van der Waals surface area contributed by atoms with Crippen molar-refractivity contribution in [3.63, 3.8) is 0 Å². The summed E-state index contributed by atoms with van der Waals surface area (Å²) in [5.41, 5.74) is 2.62. The molecule has 144 valence electrons. The molecular weight excluding hydrogens is 354 g/mol. The highest BCUT2D eigenvalue weighted by atomic mass is 16.5. The van der Waals surface area contributed by atoms with Gasteiger partial charge in [-0.1, -0.05) is 6.07 Å². The Morgan fingerprint density at radius 3 is 2.86 bits per heavy atom. The number of pyridine rings is 2. The summed E-state index contributed by atoms with van der Waals surface area (Å²) in [7, 11) is 0. The van der Waals surface area contributed by atoms with Crippen LogP contribution in [0.4, 0.5) is 0 Å². The lowest BCUT2D eigenvalue weighted by Gasteiger charge is -2.13. The topological polar surface area (TPSA) is 73.2 Å². The second-order valence-corrected chi connectivity index (χ2v) is 7.29. The van der Waals surface area contributed by atoms with E-state index >= 15 is 0 Å². The van der Waals surface area contributed by atoms with Gasteiger partial charge in [-0.15, -0.1) is 0 Å². The number of benzene rings is 1. The second kappa shape index (κ2) is 7.84. The third kappa shape index (κ3) is 4.22. The number of nitrogens with zero attached hydrogens (tertiary/aromatic N) is 2. The quantitative estimate of drug-likeness (QED) is 0.687. The van der Waals surface area contributed by atoms with Crippen LogP contribution in [0.1, 0.15) is 24.1 Å². The van der Waals surface area contributed by atoms with Gasteiger partial charge in [0.15, 0.2) is 6.61 Å². The number of nitrogens with one attached hydrogen (secondary N) is 1. The number of carbonyl (C=O) groups is 1. The molecule has 1 amide bonds. The van der Waals surface area contributed by atoms with Gasteiger partial charge >= 0.3 is 0 Å². The van der Waals surface area contributed by atoms with Crippen molar-refractivity contribution < 1.29 is 9.53 Å². The van der Waals surface area contributed by atoms with Crippen LogP contribution in [-0.2, 0) is 17.9 Å². The molecule has 0 unspecified atom stereocenters. The van der Waals surface area contributed by atoms with Crippen LogP contribution in [0.15, 0.2) is 53.5 Å². The van der Waals surface area contributed by atoms with Crippen LogP contribution in [0.2, 0.25) is 0 Å². The number of hydrogen-bond acceptors (Lipinski definition) is 4. The van der Waals surface area contributed by atoms with Gasteiger partial charge in [0, 0.05) is 30.3 Å². The Labute approximate surface area is 163 Å². The maximum Gasteiger partial charge on any atom is 0.258 e. The van der Waals surface area contributed by atoms with E-state index in [0.717, 1.165) is 28.7 Å². The summed E-state index contributed by atoms with van der Waals surface area (Å²) in [6.07, 6.45) is 4.04. The van der Waals surface area contributed by atoms with Gasteiger partial charge in [-0.25, -0.2) is 0 Å². The third-order valence-corrected chi connectivity index (χ3v) is 4.99. The summed E-state index contributed by atoms with van der Waals surface area (Å²) in [6.45, 7) is 2.96. The minimum absolute atomic E-state index is 0.0159. The molecule has 1 aliphatic carbocycles. The molecule has 0 saturated heterocycles. The van der Waals surface area contributed by atoms with Gasteiger partial charge in [0.25, 0.3) is 11.5 Å². The van der Waals surface area contributed by atoms with Crippen LogP contribution >= 0.6 is 0 Å². The molecule has 2 heterocycles. The molecular formula is C22H23N3O3. The molecule has 4 rings (SSSR count). The highest BCUT2D eigenvalue weighted by molar-refractivity contribution is 5.84. The molecule has 3 aromatic rings. The Bertz CT molecular complexity index is 1060. The fraction of sp³-hybridized carbons (Fsp3) is 0.318. The molecule has 0 atom stereocenters. The molecule has 1 N–H and O–H groups in total. The molecule has 0 bridgehead atoms. The highest BCUT2D eigenvalue weighted by Gasteiger charge is 2.23. The number of hydrogen-bond donors (Lipinski definition) is 1. The molecule has 2 aromatic heterocycles. The molecule has 0 spiro atoms. The lowest BCUT2D eigenvalue weighted by molar-refractivity contribution is -0.123. The molecule has 1 fully saturated rings. The zero-order valence-electron chi connectivity index (χ0n) is 15.9. The van der Waals surface area contributed by atoms with Gasteiger partial charge in [0.05, 0.1) is 17.8 Å². The number of aryl methyl sites for hydroxylation is 1. The first-order valence-corrected chi connectivity index (χ1v) is 9.54. The predicted octanol–water partition coefficient (Wildman–Crippen LogP) is 2.81. The average Bonchev–Trinajstić information content (AvgIpc) is 3.53. The van der Waals surface area contributed by atoms with Gasteiger partial charge in [0.2, 0.25) is 0 Å². The smallest absolute Gasteiger partial charge is 0.258 e. The minimum Gasteiger partial charge on any atom is -0.484 e. The van der Waals surface area contributed by atoms with Crippen LogP contribution in [0.5, 0.6) is 5.75 Å². The van der Waals surface area contributed by atoms with E-state index in [1.165, 1.54) is 12.8 Å². The summed E-state index contributed by atoms with van der Waals surface area (Å²) >= 11 is 0. The Kier molecular flexibility index (Phi) is 5.10. The molecule has 6 nitrogen and oxygen atoms in total. The number of rotatable bonds is 7. The fourth-order valence-corrected chi connectivity index (χ4v) is 3.26. The van der Waals surface area contributed by atoms with Crippen LogP contribution < -0.4 is 15.6 Å². The van der Waals surface area contributed by atoms with Crippen LogP contribution in [0.3, 0.4) is 0 Å². The monoisotopic (exact) mass is 377 g/mol. The van der Waals surface area contributed by atoms with Crippen molar-refractivity contribution in [3.05, 3.63) is 70.3 Å². The van der Waals surface area contributed by atoms with Crippen LogP contribution in [0.25, 0.3) is 10.9 Å². The third-order valence-electron chi connectivity index (χ3n) is 4.99. The minimum atomic E-state index is -0.217. The van der Waals surface area contributed by atoms with Crippen molar-refractivity contribution in [2.24, 2.45) is 5.92 Å². The van der Waals surface area contributed by atoms with Crippen molar-refractivity contribution in [1.29, 1.82) is 0 Å². The van der Waals surface area contributed by atoms with E-state index in [-0.39, 0.29) is 18.1 Å². The highest BCUT2D eigenvalue weighted by Crippen LogP contribution is 2.32. The van der Waals surface area contributed by atoms with Crippen molar-refractivity contribution in [3.8, 4) is 5.75 Å². The van der Waals surface area contributed by atoms with Gasteiger partial charge in [-0.2, -0.15) is 0 Å². The van der Waals surface area contributed by atoms with E-state index in [4.69, 9.17) is 4.74 Å². The molecule has 28 heavy (non-hydrogen) atoms. The van der Waals surface area contributed by atoms with E-state index in [2.05, 4.69) is 10.3 Å². The first-order chi connectivity index (χ1) is 13.6. The Balaban J connectivity index is 1.46. The van der Waals surface area contributed by atoms with Gasteiger partial charge in [0.1, 0.15) is 5.75 Å². The fourth-order valence-electron chi connectivity index (χ4n) is 3.26. The summed E-state index contributed by atoms with van der Waals surface area (Å²) < 4.78 is 7.50. The molecule has 1 aliphatic rings. The summed E-state index contributed by atoms with van der Waals surface area (Å²) in [6, 6.07) is 12.9. The van der Waals surface area contributed by atoms with Gasteiger partial charge < -0.3 is 14.6 Å². The lowest BCUT2D eigenvalue weighted by Crippen LogP contribution is -2.28. The Morgan fingerprint density at radius 2 is 2.11 bits per heavy atom. The van der Waals surface area contributed by atoms with E-state index < -0.39 is 0 Å². The number of aromatic nitrogens is 2. The first kappa shape index (κ1) is 18.2. The summed E-state index contributed by atoms with van der Waals surface area (Å²) in [4.78, 5) is 28.7. The van der Waals surface area contributed by atoms with Crippen molar-refractivity contribution >= 4 is 16.8 Å². The standard InChI is InChI=1S/C22H23N3O3/c1-15-10-22(27)25(13-16-5-6-16)20-11-18(7-8-19(15)20)28-14-21(26)24-12-17-4-2-3-9-23-17/h2-4,7-11,16H,5-6,12-14H2,1H3,(H,24,26). The maximum atomic E-state index is 12.5.